The van der Waals surface area contributed by atoms with E-state index < -0.39 is 0 Å². The lowest BCUT2D eigenvalue weighted by Gasteiger charge is -2.32. The maximum atomic E-state index is 12.3. The third kappa shape index (κ3) is 5.21. The van der Waals surface area contributed by atoms with Crippen molar-refractivity contribution in [3.05, 3.63) is 29.8 Å². The first-order chi connectivity index (χ1) is 9.72. The molecule has 1 atom stereocenters. The van der Waals surface area contributed by atoms with Crippen LogP contribution in [0, 0.1) is 5.92 Å². The van der Waals surface area contributed by atoms with Crippen molar-refractivity contribution in [1.29, 1.82) is 0 Å². The number of ether oxygens (including phenoxy) is 1. The summed E-state index contributed by atoms with van der Waals surface area (Å²) in [6.07, 6.45) is 3.79. The zero-order chi connectivity index (χ0) is 14.4. The minimum atomic E-state index is 0. The average Bonchev–Trinajstić information content (AvgIpc) is 2.48. The minimum absolute atomic E-state index is 0. The van der Waals surface area contributed by atoms with Gasteiger partial charge < -0.3 is 15.4 Å². The molecule has 1 aliphatic heterocycles. The number of methoxy groups -OCH3 is 1. The van der Waals surface area contributed by atoms with Crippen molar-refractivity contribution >= 4 is 18.3 Å². The highest BCUT2D eigenvalue weighted by Crippen LogP contribution is 2.20. The van der Waals surface area contributed by atoms with Gasteiger partial charge in [0, 0.05) is 13.1 Å². The molecule has 4 nitrogen and oxygen atoms in total. The van der Waals surface area contributed by atoms with Crippen LogP contribution in [-0.2, 0) is 11.2 Å². The Morgan fingerprint density at radius 2 is 2.10 bits per heavy atom. The van der Waals surface area contributed by atoms with Crippen LogP contribution < -0.4 is 10.5 Å². The van der Waals surface area contributed by atoms with Crippen molar-refractivity contribution in [3.63, 3.8) is 0 Å². The van der Waals surface area contributed by atoms with E-state index in [0.717, 1.165) is 37.2 Å². The first-order valence-corrected chi connectivity index (χ1v) is 7.33. The normalized spacial score (nSPS) is 18.0. The molecule has 1 aliphatic rings. The van der Waals surface area contributed by atoms with Gasteiger partial charge >= 0.3 is 0 Å². The van der Waals surface area contributed by atoms with Crippen LogP contribution in [0.1, 0.15) is 24.8 Å². The Labute approximate surface area is 133 Å². The molecule has 1 heterocycles. The van der Waals surface area contributed by atoms with E-state index in [2.05, 4.69) is 0 Å². The number of hydrogen-bond acceptors (Lipinski definition) is 3. The van der Waals surface area contributed by atoms with Gasteiger partial charge in [0.25, 0.3) is 0 Å². The summed E-state index contributed by atoms with van der Waals surface area (Å²) in [4.78, 5) is 14.3. The highest BCUT2D eigenvalue weighted by atomic mass is 35.5. The molecule has 0 aromatic heterocycles. The van der Waals surface area contributed by atoms with Crippen LogP contribution in [0.4, 0.5) is 0 Å². The molecular formula is C16H25ClN2O2. The molecule has 0 saturated carbocycles. The van der Waals surface area contributed by atoms with E-state index in [9.17, 15) is 4.79 Å². The Morgan fingerprint density at radius 3 is 2.71 bits per heavy atom. The van der Waals surface area contributed by atoms with Crippen LogP contribution in [0.3, 0.4) is 0 Å². The summed E-state index contributed by atoms with van der Waals surface area (Å²) >= 11 is 0. The molecule has 1 aromatic rings. The molecule has 1 saturated heterocycles. The van der Waals surface area contributed by atoms with Gasteiger partial charge in [-0.3, -0.25) is 4.79 Å². The van der Waals surface area contributed by atoms with E-state index in [1.54, 1.807) is 7.11 Å². The third-order valence-corrected chi connectivity index (χ3v) is 3.96. The van der Waals surface area contributed by atoms with Crippen molar-refractivity contribution in [2.75, 3.05) is 26.7 Å². The molecule has 0 aliphatic carbocycles. The zero-order valence-corrected chi connectivity index (χ0v) is 13.4. The lowest BCUT2D eigenvalue weighted by atomic mass is 9.94. The van der Waals surface area contributed by atoms with Crippen molar-refractivity contribution < 1.29 is 9.53 Å². The second-order valence-electron chi connectivity index (χ2n) is 5.45. The highest BCUT2D eigenvalue weighted by Gasteiger charge is 2.22. The number of piperidine rings is 1. The van der Waals surface area contributed by atoms with Crippen LogP contribution in [0.5, 0.6) is 5.75 Å². The smallest absolute Gasteiger partial charge is 0.226 e. The molecule has 1 unspecified atom stereocenters. The van der Waals surface area contributed by atoms with Gasteiger partial charge in [0.05, 0.1) is 13.5 Å². The van der Waals surface area contributed by atoms with Crippen LogP contribution in [-0.4, -0.2) is 37.6 Å². The molecule has 1 aromatic carbocycles. The van der Waals surface area contributed by atoms with E-state index >= 15 is 0 Å². The van der Waals surface area contributed by atoms with Crippen molar-refractivity contribution in [1.82, 2.24) is 4.90 Å². The van der Waals surface area contributed by atoms with E-state index in [1.807, 2.05) is 29.2 Å². The fraction of sp³-hybridized carbons (Fsp3) is 0.562. The van der Waals surface area contributed by atoms with E-state index in [-0.39, 0.29) is 18.3 Å². The second kappa shape index (κ2) is 8.90. The predicted octanol–water partition coefficient (Wildman–Crippen LogP) is 2.25. The molecule has 2 N–H and O–H groups in total. The molecule has 1 fully saturated rings. The molecule has 2 rings (SSSR count). The van der Waals surface area contributed by atoms with Crippen molar-refractivity contribution in [2.45, 2.75) is 25.7 Å². The summed E-state index contributed by atoms with van der Waals surface area (Å²) in [5, 5.41) is 0. The first kappa shape index (κ1) is 17.8. The number of halogens is 1. The Kier molecular flexibility index (Phi) is 7.54. The molecule has 0 radical (unpaired) electrons. The van der Waals surface area contributed by atoms with Crippen LogP contribution in [0.2, 0.25) is 0 Å². The van der Waals surface area contributed by atoms with Gasteiger partial charge in [0.1, 0.15) is 5.75 Å². The number of carbonyl (C=O) groups is 1. The number of nitrogens with two attached hydrogens (primary N) is 1. The fourth-order valence-corrected chi connectivity index (χ4v) is 2.79. The molecule has 118 valence electrons. The Hall–Kier alpha value is -1.26. The topological polar surface area (TPSA) is 55.6 Å². The number of benzene rings is 1. The number of likely N-dealkylation sites (tertiary alicyclic amines) is 1. The Morgan fingerprint density at radius 1 is 1.38 bits per heavy atom. The standard InChI is InChI=1S/C16H24N2O2.ClH/c1-20-15-6-4-13(5-7-15)11-16(19)18-10-2-3-14(12-18)8-9-17;/h4-7,14H,2-3,8-12,17H2,1H3;1H. The maximum Gasteiger partial charge on any atom is 0.226 e. The van der Waals surface area contributed by atoms with Crippen LogP contribution >= 0.6 is 12.4 Å². The molecule has 21 heavy (non-hydrogen) atoms. The summed E-state index contributed by atoms with van der Waals surface area (Å²) in [6.45, 7) is 2.47. The van der Waals surface area contributed by atoms with Gasteiger partial charge in [0.15, 0.2) is 0 Å². The zero-order valence-electron chi connectivity index (χ0n) is 12.6. The molecule has 0 spiro atoms. The molecule has 5 heteroatoms. The summed E-state index contributed by atoms with van der Waals surface area (Å²) in [6, 6.07) is 7.71. The SMILES string of the molecule is COc1ccc(CC(=O)N2CCCC(CCN)C2)cc1.Cl. The largest absolute Gasteiger partial charge is 0.497 e. The van der Waals surface area contributed by atoms with Gasteiger partial charge in [-0.25, -0.2) is 0 Å². The van der Waals surface area contributed by atoms with Gasteiger partial charge in [-0.1, -0.05) is 12.1 Å². The van der Waals surface area contributed by atoms with Crippen LogP contribution in [0.15, 0.2) is 24.3 Å². The number of rotatable bonds is 5. The van der Waals surface area contributed by atoms with Gasteiger partial charge in [-0.15, -0.1) is 12.4 Å². The third-order valence-electron chi connectivity index (χ3n) is 3.96. The predicted molar refractivity (Wildman–Crippen MR) is 86.9 cm³/mol. The number of amides is 1. The van der Waals surface area contributed by atoms with E-state index in [4.69, 9.17) is 10.5 Å². The van der Waals surface area contributed by atoms with Gasteiger partial charge in [0.2, 0.25) is 5.91 Å². The van der Waals surface area contributed by atoms with Gasteiger partial charge in [-0.2, -0.15) is 0 Å². The van der Waals surface area contributed by atoms with Crippen molar-refractivity contribution in [2.24, 2.45) is 11.7 Å². The fourth-order valence-electron chi connectivity index (χ4n) is 2.79. The maximum absolute atomic E-state index is 12.3. The number of nitrogens with zero attached hydrogens (tertiary/aromatic N) is 1. The number of hydrogen-bond donors (Lipinski definition) is 1. The van der Waals surface area contributed by atoms with E-state index in [0.29, 0.717) is 18.9 Å². The Balaban J connectivity index is 0.00000220. The summed E-state index contributed by atoms with van der Waals surface area (Å²) < 4.78 is 5.12. The lowest BCUT2D eigenvalue weighted by Crippen LogP contribution is -2.41. The second-order valence-corrected chi connectivity index (χ2v) is 5.45. The quantitative estimate of drug-likeness (QED) is 0.907. The van der Waals surface area contributed by atoms with Crippen LogP contribution in [0.25, 0.3) is 0 Å². The lowest BCUT2D eigenvalue weighted by molar-refractivity contribution is -0.132. The van der Waals surface area contributed by atoms with E-state index in [1.165, 1.54) is 6.42 Å². The number of carbonyl (C=O) groups excluding carboxylic acids is 1. The highest BCUT2D eigenvalue weighted by molar-refractivity contribution is 5.85. The summed E-state index contributed by atoms with van der Waals surface area (Å²) in [7, 11) is 1.64. The van der Waals surface area contributed by atoms with Crippen molar-refractivity contribution in [3.8, 4) is 5.75 Å². The Bertz CT molecular complexity index is 434. The average molecular weight is 313 g/mol. The summed E-state index contributed by atoms with van der Waals surface area (Å²) in [5.41, 5.74) is 6.66. The molecular weight excluding hydrogens is 288 g/mol. The van der Waals surface area contributed by atoms with Gasteiger partial charge in [-0.05, 0) is 49.4 Å². The minimum Gasteiger partial charge on any atom is -0.497 e. The monoisotopic (exact) mass is 312 g/mol. The molecule has 1 amide bonds. The molecule has 0 bridgehead atoms. The summed E-state index contributed by atoms with van der Waals surface area (Å²) in [5.74, 6) is 1.62. The first-order valence-electron chi connectivity index (χ1n) is 7.33.